The summed E-state index contributed by atoms with van der Waals surface area (Å²) in [6.07, 6.45) is 4.12. The zero-order valence-corrected chi connectivity index (χ0v) is 14.2. The van der Waals surface area contributed by atoms with Gasteiger partial charge in [-0.1, -0.05) is 18.2 Å². The molecule has 0 aromatic heterocycles. The van der Waals surface area contributed by atoms with Crippen LogP contribution in [0.15, 0.2) is 24.3 Å². The molecular formula is C18H24N2O2S. The van der Waals surface area contributed by atoms with Gasteiger partial charge in [0.25, 0.3) is 0 Å². The number of hydrogen-bond acceptors (Lipinski definition) is 4. The van der Waals surface area contributed by atoms with Crippen LogP contribution in [0.2, 0.25) is 0 Å². The molecule has 1 spiro atoms. The summed E-state index contributed by atoms with van der Waals surface area (Å²) in [5, 5.41) is 3.15. The quantitative estimate of drug-likeness (QED) is 0.858. The van der Waals surface area contributed by atoms with E-state index >= 15 is 0 Å². The van der Waals surface area contributed by atoms with Gasteiger partial charge in [0.05, 0.1) is 6.04 Å². The third kappa shape index (κ3) is 3.14. The Balaban J connectivity index is 1.50. The van der Waals surface area contributed by atoms with Crippen LogP contribution >= 0.6 is 11.8 Å². The third-order valence-electron chi connectivity index (χ3n) is 5.39. The Morgan fingerprint density at radius 2 is 2.09 bits per heavy atom. The zero-order chi connectivity index (χ0) is 15.7. The van der Waals surface area contributed by atoms with E-state index in [1.807, 2.05) is 12.1 Å². The van der Waals surface area contributed by atoms with Gasteiger partial charge in [0, 0.05) is 42.5 Å². The molecule has 3 aliphatic rings. The number of carbonyl (C=O) groups is 1. The summed E-state index contributed by atoms with van der Waals surface area (Å²) in [5.41, 5.74) is 2.25. The molecule has 23 heavy (non-hydrogen) atoms. The fraction of sp³-hybridized carbons (Fsp3) is 0.611. The first-order chi connectivity index (χ1) is 11.3. The van der Waals surface area contributed by atoms with Crippen LogP contribution in [-0.2, 0) is 16.0 Å². The lowest BCUT2D eigenvalue weighted by Crippen LogP contribution is -2.55. The lowest BCUT2D eigenvalue weighted by molar-refractivity contribution is -0.121. The fourth-order valence-corrected chi connectivity index (χ4v) is 5.51. The number of para-hydroxylation sites is 1. The first-order valence-electron chi connectivity index (χ1n) is 8.60. The number of carbonyl (C=O) groups excluding carboxylic acids is 1. The standard InChI is InChI=1S/C18H24N2O2S/c21-17-16(6-5-14-3-1-2-4-15(14)19-17)20-9-12-23-18(13-20)7-10-22-11-8-18/h1-4,16H,5-13H2,(H,19,21). The molecule has 1 N–H and O–H groups in total. The highest BCUT2D eigenvalue weighted by atomic mass is 32.2. The predicted octanol–water partition coefficient (Wildman–Crippen LogP) is 2.54. The number of amides is 1. The summed E-state index contributed by atoms with van der Waals surface area (Å²) in [6, 6.07) is 8.20. The summed E-state index contributed by atoms with van der Waals surface area (Å²) >= 11 is 2.09. The molecule has 1 amide bonds. The number of nitrogens with zero attached hydrogens (tertiary/aromatic N) is 1. The van der Waals surface area contributed by atoms with Gasteiger partial charge >= 0.3 is 0 Å². The Bertz CT molecular complexity index is 581. The predicted molar refractivity (Wildman–Crippen MR) is 94.0 cm³/mol. The van der Waals surface area contributed by atoms with Crippen molar-refractivity contribution in [2.24, 2.45) is 0 Å². The van der Waals surface area contributed by atoms with Gasteiger partial charge in [-0.15, -0.1) is 0 Å². The van der Waals surface area contributed by atoms with E-state index in [9.17, 15) is 4.79 Å². The van der Waals surface area contributed by atoms with E-state index in [0.717, 1.165) is 63.4 Å². The maximum Gasteiger partial charge on any atom is 0.241 e. The molecular weight excluding hydrogens is 308 g/mol. The molecule has 1 aromatic rings. The van der Waals surface area contributed by atoms with Gasteiger partial charge in [-0.05, 0) is 37.3 Å². The molecule has 0 bridgehead atoms. The lowest BCUT2D eigenvalue weighted by Gasteiger charge is -2.46. The Labute approximate surface area is 142 Å². The van der Waals surface area contributed by atoms with Gasteiger partial charge in [-0.2, -0.15) is 11.8 Å². The molecule has 0 aliphatic carbocycles. The average Bonchev–Trinajstić information content (AvgIpc) is 2.74. The van der Waals surface area contributed by atoms with Crippen molar-refractivity contribution in [3.63, 3.8) is 0 Å². The third-order valence-corrected chi connectivity index (χ3v) is 6.92. The minimum atomic E-state index is 0.00280. The van der Waals surface area contributed by atoms with Crippen LogP contribution in [0.1, 0.15) is 24.8 Å². The summed E-state index contributed by atoms with van der Waals surface area (Å²) in [6.45, 7) is 3.77. The fourth-order valence-electron chi connectivity index (χ4n) is 4.03. The number of hydrogen-bond donors (Lipinski definition) is 1. The Kier molecular flexibility index (Phi) is 4.35. The van der Waals surface area contributed by atoms with Crippen molar-refractivity contribution in [2.75, 3.05) is 37.4 Å². The molecule has 0 saturated carbocycles. The van der Waals surface area contributed by atoms with Crippen molar-refractivity contribution in [1.82, 2.24) is 4.90 Å². The Morgan fingerprint density at radius 3 is 2.96 bits per heavy atom. The topological polar surface area (TPSA) is 41.6 Å². The highest BCUT2D eigenvalue weighted by molar-refractivity contribution is 8.00. The summed E-state index contributed by atoms with van der Waals surface area (Å²) in [4.78, 5) is 15.2. The van der Waals surface area contributed by atoms with Crippen molar-refractivity contribution >= 4 is 23.4 Å². The van der Waals surface area contributed by atoms with Crippen molar-refractivity contribution < 1.29 is 9.53 Å². The molecule has 4 rings (SSSR count). The van der Waals surface area contributed by atoms with Crippen LogP contribution in [0.4, 0.5) is 5.69 Å². The molecule has 1 aromatic carbocycles. The lowest BCUT2D eigenvalue weighted by atomic mass is 9.96. The van der Waals surface area contributed by atoms with Crippen molar-refractivity contribution in [1.29, 1.82) is 0 Å². The molecule has 5 heteroatoms. The molecule has 2 saturated heterocycles. The van der Waals surface area contributed by atoms with Gasteiger partial charge < -0.3 is 10.1 Å². The average molecular weight is 332 g/mol. The van der Waals surface area contributed by atoms with Crippen molar-refractivity contribution in [2.45, 2.75) is 36.5 Å². The van der Waals surface area contributed by atoms with E-state index in [0.29, 0.717) is 4.75 Å². The number of aryl methyl sites for hydroxylation is 1. The van der Waals surface area contributed by atoms with E-state index in [2.05, 4.69) is 34.1 Å². The molecule has 3 heterocycles. The van der Waals surface area contributed by atoms with Crippen LogP contribution in [0, 0.1) is 0 Å². The van der Waals surface area contributed by atoms with Gasteiger partial charge in [0.2, 0.25) is 5.91 Å². The molecule has 0 radical (unpaired) electrons. The number of thioether (sulfide) groups is 1. The van der Waals surface area contributed by atoms with E-state index in [-0.39, 0.29) is 11.9 Å². The van der Waals surface area contributed by atoms with Gasteiger partial charge in [0.1, 0.15) is 0 Å². The maximum absolute atomic E-state index is 12.8. The van der Waals surface area contributed by atoms with Gasteiger partial charge in [0.15, 0.2) is 0 Å². The highest BCUT2D eigenvalue weighted by Gasteiger charge is 2.41. The minimum Gasteiger partial charge on any atom is -0.381 e. The molecule has 1 unspecified atom stereocenters. The monoisotopic (exact) mass is 332 g/mol. The highest BCUT2D eigenvalue weighted by Crippen LogP contribution is 2.40. The smallest absolute Gasteiger partial charge is 0.241 e. The van der Waals surface area contributed by atoms with E-state index in [1.165, 1.54) is 5.56 Å². The number of nitrogens with one attached hydrogen (secondary N) is 1. The minimum absolute atomic E-state index is 0.00280. The Morgan fingerprint density at radius 1 is 1.26 bits per heavy atom. The zero-order valence-electron chi connectivity index (χ0n) is 13.4. The summed E-state index contributed by atoms with van der Waals surface area (Å²) in [5.74, 6) is 1.29. The van der Waals surface area contributed by atoms with Gasteiger partial charge in [-0.25, -0.2) is 0 Å². The normalized spacial score (nSPS) is 28.0. The first-order valence-corrected chi connectivity index (χ1v) is 9.59. The molecule has 2 fully saturated rings. The van der Waals surface area contributed by atoms with Crippen molar-refractivity contribution in [3.8, 4) is 0 Å². The Hall–Kier alpha value is -1.04. The van der Waals surface area contributed by atoms with E-state index < -0.39 is 0 Å². The second kappa shape index (κ2) is 6.46. The first kappa shape index (κ1) is 15.5. The van der Waals surface area contributed by atoms with Gasteiger partial charge in [-0.3, -0.25) is 9.69 Å². The molecule has 1 atom stereocenters. The van der Waals surface area contributed by atoms with Crippen LogP contribution < -0.4 is 5.32 Å². The van der Waals surface area contributed by atoms with E-state index in [1.54, 1.807) is 0 Å². The summed E-state index contributed by atoms with van der Waals surface area (Å²) in [7, 11) is 0. The molecule has 124 valence electrons. The number of ether oxygens (including phenoxy) is 1. The van der Waals surface area contributed by atoms with Crippen LogP contribution in [-0.4, -0.2) is 53.7 Å². The largest absolute Gasteiger partial charge is 0.381 e. The number of fused-ring (bicyclic) bond motifs is 1. The SMILES string of the molecule is O=C1Nc2ccccc2CCC1N1CCSC2(CCOCC2)C1. The maximum atomic E-state index is 12.8. The second-order valence-electron chi connectivity index (χ2n) is 6.82. The van der Waals surface area contributed by atoms with Crippen LogP contribution in [0.25, 0.3) is 0 Å². The summed E-state index contributed by atoms with van der Waals surface area (Å²) < 4.78 is 5.85. The van der Waals surface area contributed by atoms with Crippen LogP contribution in [0.5, 0.6) is 0 Å². The van der Waals surface area contributed by atoms with Crippen molar-refractivity contribution in [3.05, 3.63) is 29.8 Å². The number of benzene rings is 1. The van der Waals surface area contributed by atoms with Crippen LogP contribution in [0.3, 0.4) is 0 Å². The number of rotatable bonds is 1. The molecule has 3 aliphatic heterocycles. The number of anilines is 1. The second-order valence-corrected chi connectivity index (χ2v) is 8.38. The van der Waals surface area contributed by atoms with E-state index in [4.69, 9.17) is 4.74 Å². The molecule has 4 nitrogen and oxygen atoms in total.